The van der Waals surface area contributed by atoms with Crippen molar-refractivity contribution < 1.29 is 19.4 Å². The summed E-state index contributed by atoms with van der Waals surface area (Å²) in [6, 6.07) is 15.0. The van der Waals surface area contributed by atoms with E-state index in [4.69, 9.17) is 16.3 Å². The number of carbonyl (C=O) groups is 2. The van der Waals surface area contributed by atoms with E-state index in [0.717, 1.165) is 11.3 Å². The number of aromatic nitrogens is 3. The van der Waals surface area contributed by atoms with E-state index in [1.54, 1.807) is 24.1 Å². The summed E-state index contributed by atoms with van der Waals surface area (Å²) in [6.07, 6.45) is 0.828. The van der Waals surface area contributed by atoms with Crippen molar-refractivity contribution in [2.75, 3.05) is 26.0 Å². The summed E-state index contributed by atoms with van der Waals surface area (Å²) in [6.45, 7) is 0.822. The molecule has 8 nitrogen and oxygen atoms in total. The van der Waals surface area contributed by atoms with Crippen LogP contribution in [0.4, 0.5) is 0 Å². The minimum Gasteiger partial charge on any atom is -0.550 e. The van der Waals surface area contributed by atoms with Crippen molar-refractivity contribution in [1.82, 2.24) is 19.7 Å². The normalized spacial score (nSPS) is 14.3. The van der Waals surface area contributed by atoms with Crippen LogP contribution in [0.15, 0.2) is 53.7 Å². The van der Waals surface area contributed by atoms with E-state index in [1.165, 1.54) is 11.8 Å². The van der Waals surface area contributed by atoms with Gasteiger partial charge in [0, 0.05) is 30.5 Å². The van der Waals surface area contributed by atoms with Gasteiger partial charge in [-0.2, -0.15) is 0 Å². The van der Waals surface area contributed by atoms with Crippen LogP contribution in [-0.4, -0.2) is 57.5 Å². The lowest BCUT2D eigenvalue weighted by atomic mass is 9.97. The van der Waals surface area contributed by atoms with Crippen LogP contribution in [0, 0.1) is 5.92 Å². The Bertz CT molecular complexity index is 1150. The zero-order valence-electron chi connectivity index (χ0n) is 17.9. The Balaban J connectivity index is 1.57. The van der Waals surface area contributed by atoms with Gasteiger partial charge in [-0.05, 0) is 31.0 Å². The van der Waals surface area contributed by atoms with Crippen LogP contribution >= 0.6 is 23.4 Å². The molecule has 4 rings (SSSR count). The van der Waals surface area contributed by atoms with Crippen LogP contribution in [0.2, 0.25) is 5.02 Å². The molecule has 0 atom stereocenters. The van der Waals surface area contributed by atoms with Gasteiger partial charge < -0.3 is 19.5 Å². The van der Waals surface area contributed by atoms with E-state index in [2.05, 4.69) is 10.2 Å². The summed E-state index contributed by atoms with van der Waals surface area (Å²) in [7, 11) is 1.55. The quantitative estimate of drug-likeness (QED) is 0.474. The summed E-state index contributed by atoms with van der Waals surface area (Å²) in [5, 5.41) is 20.8. The second-order valence-electron chi connectivity index (χ2n) is 7.59. The Hall–Kier alpha value is -3.04. The molecule has 0 radical (unpaired) electrons. The van der Waals surface area contributed by atoms with E-state index in [-0.39, 0.29) is 11.7 Å². The van der Waals surface area contributed by atoms with Crippen LogP contribution in [0.5, 0.6) is 5.75 Å². The summed E-state index contributed by atoms with van der Waals surface area (Å²) in [5.74, 6) is -0.262. The van der Waals surface area contributed by atoms with Crippen LogP contribution in [0.25, 0.3) is 17.1 Å². The highest BCUT2D eigenvalue weighted by molar-refractivity contribution is 7.99. The molecule has 3 aromatic rings. The van der Waals surface area contributed by atoms with Gasteiger partial charge in [-0.15, -0.1) is 10.2 Å². The topological polar surface area (TPSA) is 100 Å². The second-order valence-corrected chi connectivity index (χ2v) is 8.94. The van der Waals surface area contributed by atoms with Crippen molar-refractivity contribution in [3.8, 4) is 22.8 Å². The van der Waals surface area contributed by atoms with Crippen molar-refractivity contribution in [1.29, 1.82) is 0 Å². The molecular formula is C23H22ClN4O4S-. The van der Waals surface area contributed by atoms with Gasteiger partial charge in [-0.25, -0.2) is 0 Å². The second kappa shape index (κ2) is 10.3. The summed E-state index contributed by atoms with van der Waals surface area (Å²) >= 11 is 7.64. The Morgan fingerprint density at radius 1 is 1.15 bits per heavy atom. The number of carboxylic acid groups (broad SMARTS) is 1. The maximum Gasteiger partial charge on any atom is 0.233 e. The lowest BCUT2D eigenvalue weighted by Crippen LogP contribution is -2.44. The lowest BCUT2D eigenvalue weighted by molar-refractivity contribution is -0.312. The third kappa shape index (κ3) is 5.15. The lowest BCUT2D eigenvalue weighted by Gasteiger charge is -2.32. The average molecular weight is 486 g/mol. The Morgan fingerprint density at radius 2 is 1.88 bits per heavy atom. The first kappa shape index (κ1) is 23.1. The van der Waals surface area contributed by atoms with E-state index in [1.807, 2.05) is 41.0 Å². The first-order chi connectivity index (χ1) is 16.0. The molecule has 1 saturated heterocycles. The molecule has 2 heterocycles. The predicted molar refractivity (Wildman–Crippen MR) is 123 cm³/mol. The Kier molecular flexibility index (Phi) is 7.20. The zero-order valence-corrected chi connectivity index (χ0v) is 19.5. The van der Waals surface area contributed by atoms with Crippen molar-refractivity contribution in [3.05, 3.63) is 53.6 Å². The number of hydrogen-bond acceptors (Lipinski definition) is 7. The van der Waals surface area contributed by atoms with Gasteiger partial charge >= 0.3 is 0 Å². The fourth-order valence-corrected chi connectivity index (χ4v) is 4.85. The molecule has 0 N–H and O–H groups in total. The number of methoxy groups -OCH3 is 1. The van der Waals surface area contributed by atoms with E-state index < -0.39 is 11.9 Å². The summed E-state index contributed by atoms with van der Waals surface area (Å²) < 4.78 is 7.12. The van der Waals surface area contributed by atoms with Gasteiger partial charge in [0.05, 0.1) is 23.6 Å². The first-order valence-electron chi connectivity index (χ1n) is 10.4. The molecule has 0 saturated carbocycles. The van der Waals surface area contributed by atoms with Crippen LogP contribution in [0.1, 0.15) is 12.8 Å². The van der Waals surface area contributed by atoms with Gasteiger partial charge in [-0.1, -0.05) is 53.7 Å². The van der Waals surface area contributed by atoms with Gasteiger partial charge in [0.1, 0.15) is 5.75 Å². The minimum atomic E-state index is -1.05. The Labute approximate surface area is 200 Å². The molecule has 2 aromatic carbocycles. The largest absolute Gasteiger partial charge is 0.550 e. The first-order valence-corrected chi connectivity index (χ1v) is 11.8. The highest BCUT2D eigenvalue weighted by Crippen LogP contribution is 2.32. The number of aliphatic carboxylic acids is 1. The van der Waals surface area contributed by atoms with Crippen LogP contribution in [-0.2, 0) is 9.59 Å². The smallest absolute Gasteiger partial charge is 0.233 e. The number of likely N-dealkylation sites (tertiary alicyclic amines) is 1. The molecule has 1 aliphatic heterocycles. The van der Waals surface area contributed by atoms with Crippen LogP contribution in [0.3, 0.4) is 0 Å². The van der Waals surface area contributed by atoms with Gasteiger partial charge in [-0.3, -0.25) is 9.36 Å². The molecular weight excluding hydrogens is 464 g/mol. The van der Waals surface area contributed by atoms with Gasteiger partial charge in [0.2, 0.25) is 5.91 Å². The molecule has 1 aromatic heterocycles. The fraction of sp³-hybridized carbons (Fsp3) is 0.304. The zero-order chi connectivity index (χ0) is 23.4. The standard InChI is InChI=1S/C23H23ClN4O4S/c1-32-19-8-7-17(13-18(19)24)28-21(15-5-3-2-4-6-15)25-26-23(28)33-14-20(29)27-11-9-16(10-12-27)22(30)31/h2-8,13,16H,9-12,14H2,1H3,(H,30,31)/p-1. The fourth-order valence-electron chi connectivity index (χ4n) is 3.75. The predicted octanol–water partition coefficient (Wildman–Crippen LogP) is 2.68. The van der Waals surface area contributed by atoms with Gasteiger partial charge in [0.25, 0.3) is 0 Å². The molecule has 1 amide bonds. The number of benzene rings is 2. The number of carbonyl (C=O) groups excluding carboxylic acids is 2. The number of ether oxygens (including phenoxy) is 1. The number of hydrogen-bond donors (Lipinski definition) is 0. The molecule has 10 heteroatoms. The van der Waals surface area contributed by atoms with Crippen molar-refractivity contribution in [2.45, 2.75) is 18.0 Å². The average Bonchev–Trinajstić information content (AvgIpc) is 3.27. The van der Waals surface area contributed by atoms with Crippen molar-refractivity contribution in [3.63, 3.8) is 0 Å². The number of amides is 1. The molecule has 1 aliphatic rings. The van der Waals surface area contributed by atoms with Gasteiger partial charge in [0.15, 0.2) is 11.0 Å². The SMILES string of the molecule is COc1ccc(-n2c(SCC(=O)N3CCC(C(=O)[O-])CC3)nnc2-c2ccccc2)cc1Cl. The number of thioether (sulfide) groups is 1. The molecule has 172 valence electrons. The van der Waals surface area contributed by atoms with Crippen LogP contribution < -0.4 is 9.84 Å². The molecule has 0 aliphatic carbocycles. The highest BCUT2D eigenvalue weighted by Gasteiger charge is 2.24. The summed E-state index contributed by atoms with van der Waals surface area (Å²) in [5.41, 5.74) is 1.62. The summed E-state index contributed by atoms with van der Waals surface area (Å²) in [4.78, 5) is 25.5. The number of piperidine rings is 1. The number of carboxylic acids is 1. The maximum absolute atomic E-state index is 12.8. The van der Waals surface area contributed by atoms with E-state index in [0.29, 0.717) is 47.7 Å². The van der Waals surface area contributed by atoms with Crippen molar-refractivity contribution in [2.24, 2.45) is 5.92 Å². The highest BCUT2D eigenvalue weighted by atomic mass is 35.5. The molecule has 0 bridgehead atoms. The molecule has 1 fully saturated rings. The monoisotopic (exact) mass is 485 g/mol. The maximum atomic E-state index is 12.8. The van der Waals surface area contributed by atoms with Crippen molar-refractivity contribution >= 4 is 35.2 Å². The number of halogens is 1. The van der Waals surface area contributed by atoms with E-state index >= 15 is 0 Å². The molecule has 33 heavy (non-hydrogen) atoms. The molecule has 0 spiro atoms. The molecule has 0 unspecified atom stereocenters. The van der Waals surface area contributed by atoms with E-state index in [9.17, 15) is 14.7 Å². The number of nitrogens with zero attached hydrogens (tertiary/aromatic N) is 4. The third-order valence-corrected chi connectivity index (χ3v) is 6.77. The number of rotatable bonds is 7. The minimum absolute atomic E-state index is 0.0691. The Morgan fingerprint density at radius 3 is 2.52 bits per heavy atom. The third-order valence-electron chi connectivity index (χ3n) is 5.56.